The predicted molar refractivity (Wildman–Crippen MR) is 146 cm³/mol. The second-order valence-electron chi connectivity index (χ2n) is 9.81. The first-order chi connectivity index (χ1) is 18.5. The van der Waals surface area contributed by atoms with Gasteiger partial charge in [-0.2, -0.15) is 0 Å². The molecule has 0 unspecified atom stereocenters. The van der Waals surface area contributed by atoms with Crippen LogP contribution in [0.2, 0.25) is 0 Å². The highest BCUT2D eigenvalue weighted by Gasteiger charge is 2.30. The van der Waals surface area contributed by atoms with Crippen LogP contribution in [0.4, 0.5) is 16.4 Å². The number of anilines is 2. The highest BCUT2D eigenvalue weighted by Crippen LogP contribution is 2.29. The van der Waals surface area contributed by atoms with E-state index in [1.807, 2.05) is 36.4 Å². The SMILES string of the molecule is O=C1CNC(=O)N1c1ccc2nc(Cc3cc(Cc4ccccc4)nc(NC4CCC(O)CC4)n3)sc2c1. The summed E-state index contributed by atoms with van der Waals surface area (Å²) in [5.41, 5.74) is 4.35. The van der Waals surface area contributed by atoms with Crippen molar-refractivity contribution in [3.05, 3.63) is 76.6 Å². The number of nitrogens with one attached hydrogen (secondary N) is 2. The Hall–Kier alpha value is -3.89. The fraction of sp³-hybridized carbons (Fsp3) is 0.321. The molecule has 3 heterocycles. The Morgan fingerprint density at radius 2 is 1.71 bits per heavy atom. The molecule has 0 radical (unpaired) electrons. The first kappa shape index (κ1) is 24.4. The highest BCUT2D eigenvalue weighted by molar-refractivity contribution is 7.18. The lowest BCUT2D eigenvalue weighted by Crippen LogP contribution is -2.30. The van der Waals surface area contributed by atoms with Crippen LogP contribution in [0, 0.1) is 0 Å². The monoisotopic (exact) mass is 528 g/mol. The zero-order chi connectivity index (χ0) is 26.1. The molecule has 1 saturated heterocycles. The summed E-state index contributed by atoms with van der Waals surface area (Å²) in [5, 5.41) is 16.8. The zero-order valence-corrected chi connectivity index (χ0v) is 21.6. The summed E-state index contributed by atoms with van der Waals surface area (Å²) in [4.78, 5) is 39.8. The third kappa shape index (κ3) is 5.36. The van der Waals surface area contributed by atoms with E-state index in [0.717, 1.165) is 52.3 Å². The number of imide groups is 1. The van der Waals surface area contributed by atoms with Crippen molar-refractivity contribution in [3.8, 4) is 0 Å². The molecule has 4 aromatic rings. The number of carbonyl (C=O) groups is 2. The molecule has 3 N–H and O–H groups in total. The van der Waals surface area contributed by atoms with Crippen LogP contribution in [0.3, 0.4) is 0 Å². The molecule has 2 aliphatic rings. The van der Waals surface area contributed by atoms with E-state index in [9.17, 15) is 14.7 Å². The zero-order valence-electron chi connectivity index (χ0n) is 20.8. The maximum Gasteiger partial charge on any atom is 0.329 e. The van der Waals surface area contributed by atoms with Gasteiger partial charge in [-0.15, -0.1) is 11.3 Å². The highest BCUT2D eigenvalue weighted by atomic mass is 32.1. The second-order valence-corrected chi connectivity index (χ2v) is 10.9. The molecule has 3 amide bonds. The van der Waals surface area contributed by atoms with E-state index >= 15 is 0 Å². The fourth-order valence-electron chi connectivity index (χ4n) is 5.02. The van der Waals surface area contributed by atoms with Crippen molar-refractivity contribution >= 4 is 45.1 Å². The molecule has 9 nitrogen and oxygen atoms in total. The fourth-order valence-corrected chi connectivity index (χ4v) is 6.04. The number of hydrogen-bond donors (Lipinski definition) is 3. The average Bonchev–Trinajstić information content (AvgIpc) is 3.46. The lowest BCUT2D eigenvalue weighted by atomic mass is 9.93. The van der Waals surface area contributed by atoms with Gasteiger partial charge in [0.05, 0.1) is 44.9 Å². The van der Waals surface area contributed by atoms with E-state index < -0.39 is 6.03 Å². The molecule has 10 heteroatoms. The Kier molecular flexibility index (Phi) is 6.73. The van der Waals surface area contributed by atoms with Crippen LogP contribution >= 0.6 is 11.3 Å². The lowest BCUT2D eigenvalue weighted by Gasteiger charge is -2.26. The maximum absolute atomic E-state index is 12.1. The third-order valence-corrected chi connectivity index (χ3v) is 7.96. The molecular formula is C28H28N6O3S. The molecule has 2 aromatic carbocycles. The molecule has 194 valence electrons. The Labute approximate surface area is 224 Å². The van der Waals surface area contributed by atoms with Gasteiger partial charge in [-0.1, -0.05) is 30.3 Å². The van der Waals surface area contributed by atoms with Gasteiger partial charge in [-0.3, -0.25) is 4.79 Å². The Balaban J connectivity index is 1.26. The lowest BCUT2D eigenvalue weighted by molar-refractivity contribution is -0.115. The van der Waals surface area contributed by atoms with Gasteiger partial charge < -0.3 is 15.7 Å². The van der Waals surface area contributed by atoms with Crippen molar-refractivity contribution in [1.82, 2.24) is 20.3 Å². The summed E-state index contributed by atoms with van der Waals surface area (Å²) in [7, 11) is 0. The van der Waals surface area contributed by atoms with Crippen molar-refractivity contribution in [2.45, 2.75) is 50.7 Å². The van der Waals surface area contributed by atoms with Gasteiger partial charge in [0.2, 0.25) is 5.95 Å². The van der Waals surface area contributed by atoms with Gasteiger partial charge in [-0.05, 0) is 55.5 Å². The molecule has 1 saturated carbocycles. The molecule has 0 atom stereocenters. The number of nitrogens with zero attached hydrogens (tertiary/aromatic N) is 4. The van der Waals surface area contributed by atoms with E-state index in [1.54, 1.807) is 6.07 Å². The Morgan fingerprint density at radius 3 is 2.45 bits per heavy atom. The summed E-state index contributed by atoms with van der Waals surface area (Å²) in [6.07, 6.45) is 4.37. The summed E-state index contributed by atoms with van der Waals surface area (Å²) >= 11 is 1.53. The van der Waals surface area contributed by atoms with Gasteiger partial charge >= 0.3 is 6.03 Å². The molecule has 1 aliphatic carbocycles. The van der Waals surface area contributed by atoms with Crippen LogP contribution in [0.25, 0.3) is 10.2 Å². The second kappa shape index (κ2) is 10.5. The molecule has 6 rings (SSSR count). The first-order valence-corrected chi connectivity index (χ1v) is 13.7. The van der Waals surface area contributed by atoms with Crippen LogP contribution in [0.5, 0.6) is 0 Å². The Bertz CT molecular complexity index is 1470. The van der Waals surface area contributed by atoms with Gasteiger partial charge in [0.15, 0.2) is 0 Å². The summed E-state index contributed by atoms with van der Waals surface area (Å²) in [6, 6.07) is 17.5. The van der Waals surface area contributed by atoms with Gasteiger partial charge in [0, 0.05) is 18.9 Å². The number of thiazole rings is 1. The normalized spacial score (nSPS) is 19.7. The quantitative estimate of drug-likeness (QED) is 0.310. The topological polar surface area (TPSA) is 120 Å². The van der Waals surface area contributed by atoms with E-state index in [2.05, 4.69) is 22.8 Å². The largest absolute Gasteiger partial charge is 0.393 e. The van der Waals surface area contributed by atoms with Crippen LogP contribution in [-0.2, 0) is 17.6 Å². The minimum atomic E-state index is -0.404. The van der Waals surface area contributed by atoms with E-state index in [4.69, 9.17) is 15.0 Å². The van der Waals surface area contributed by atoms with Gasteiger partial charge in [-0.25, -0.2) is 24.6 Å². The average molecular weight is 529 g/mol. The van der Waals surface area contributed by atoms with Gasteiger partial charge in [0.25, 0.3) is 5.91 Å². The standard InChI is InChI=1S/C28H28N6O3S/c35-22-9-6-18(7-10-22)30-27-31-19(12-17-4-2-1-3-5-17)13-20(32-27)14-25-33-23-11-8-21(15-24(23)38-25)34-26(36)16-29-28(34)37/h1-5,8,11,13,15,18,22,35H,6-7,9-10,12,14,16H2,(H,29,37)(H,30,31,32). The predicted octanol–water partition coefficient (Wildman–Crippen LogP) is 4.04. The number of benzene rings is 2. The minimum absolute atomic E-state index is 0.0155. The van der Waals surface area contributed by atoms with E-state index in [1.165, 1.54) is 21.8 Å². The summed E-state index contributed by atoms with van der Waals surface area (Å²) < 4.78 is 0.905. The summed E-state index contributed by atoms with van der Waals surface area (Å²) in [6.45, 7) is 0.0155. The maximum atomic E-state index is 12.1. The Morgan fingerprint density at radius 1 is 0.947 bits per heavy atom. The molecule has 0 spiro atoms. The van der Waals surface area contributed by atoms with Crippen molar-refractivity contribution in [3.63, 3.8) is 0 Å². The smallest absolute Gasteiger partial charge is 0.329 e. The molecular weight excluding hydrogens is 500 g/mol. The van der Waals surface area contributed by atoms with E-state index in [0.29, 0.717) is 24.5 Å². The number of aliphatic hydroxyl groups excluding tert-OH is 1. The summed E-state index contributed by atoms with van der Waals surface area (Å²) in [5.74, 6) is 0.343. The van der Waals surface area contributed by atoms with Crippen molar-refractivity contribution in [2.75, 3.05) is 16.8 Å². The van der Waals surface area contributed by atoms with Crippen LogP contribution in [-0.4, -0.2) is 50.7 Å². The van der Waals surface area contributed by atoms with Crippen molar-refractivity contribution in [1.29, 1.82) is 0 Å². The van der Waals surface area contributed by atoms with Crippen molar-refractivity contribution < 1.29 is 14.7 Å². The number of urea groups is 1. The molecule has 38 heavy (non-hydrogen) atoms. The molecule has 2 fully saturated rings. The number of fused-ring (bicyclic) bond motifs is 1. The third-order valence-electron chi connectivity index (χ3n) is 6.94. The minimum Gasteiger partial charge on any atom is -0.393 e. The van der Waals surface area contributed by atoms with Gasteiger partial charge in [0.1, 0.15) is 0 Å². The molecule has 0 bridgehead atoms. The number of aromatic nitrogens is 3. The van der Waals surface area contributed by atoms with Crippen LogP contribution in [0.1, 0.15) is 47.6 Å². The van der Waals surface area contributed by atoms with Crippen LogP contribution in [0.15, 0.2) is 54.6 Å². The first-order valence-electron chi connectivity index (χ1n) is 12.9. The van der Waals surface area contributed by atoms with E-state index in [-0.39, 0.29) is 24.6 Å². The number of carbonyl (C=O) groups excluding carboxylic acids is 2. The number of rotatable bonds is 7. The van der Waals surface area contributed by atoms with Crippen LogP contribution < -0.4 is 15.5 Å². The number of aliphatic hydroxyl groups is 1. The number of hydrogen-bond acceptors (Lipinski definition) is 8. The molecule has 1 aliphatic heterocycles. The molecule has 2 aromatic heterocycles. The van der Waals surface area contributed by atoms with Crippen molar-refractivity contribution in [2.24, 2.45) is 0 Å². The number of amides is 3.